The lowest BCUT2D eigenvalue weighted by Gasteiger charge is -2.30. The highest BCUT2D eigenvalue weighted by Crippen LogP contribution is 2.24. The van der Waals surface area contributed by atoms with Crippen molar-refractivity contribution in [1.29, 1.82) is 0 Å². The van der Waals surface area contributed by atoms with Crippen LogP contribution in [0.25, 0.3) is 6.08 Å². The second-order valence-corrected chi connectivity index (χ2v) is 5.42. The van der Waals surface area contributed by atoms with Crippen LogP contribution in [0.1, 0.15) is 37.3 Å². The third kappa shape index (κ3) is 4.01. The molecule has 0 aliphatic carbocycles. The molecule has 0 atom stereocenters. The fourth-order valence-electron chi connectivity index (χ4n) is 2.15. The number of rotatable bonds is 6. The number of hydrogen-bond donors (Lipinski definition) is 0. The van der Waals surface area contributed by atoms with Gasteiger partial charge in [0, 0.05) is 12.1 Å². The highest BCUT2D eigenvalue weighted by Gasteiger charge is 2.18. The van der Waals surface area contributed by atoms with Crippen molar-refractivity contribution >= 4 is 11.8 Å². The first-order valence-corrected chi connectivity index (χ1v) is 6.57. The van der Waals surface area contributed by atoms with Gasteiger partial charge >= 0.3 is 0 Å². The SMILES string of the molecule is C=Cc1cc(C)cc([N+](C)(C)CCCCC)c1. The predicted octanol–water partition coefficient (Wildman–Crippen LogP) is 4.40. The first-order valence-electron chi connectivity index (χ1n) is 6.57. The first-order chi connectivity index (χ1) is 7.99. The monoisotopic (exact) mass is 232 g/mol. The maximum absolute atomic E-state index is 3.86. The maximum atomic E-state index is 3.86. The molecule has 0 unspecified atom stereocenters. The standard InChI is InChI=1S/C16H26N/c1-6-8-9-10-17(4,5)16-12-14(3)11-15(7-2)13-16/h7,11-13H,2,6,8-10H2,1,3-5H3/q+1. The van der Waals surface area contributed by atoms with Gasteiger partial charge in [0.2, 0.25) is 0 Å². The Morgan fingerprint density at radius 2 is 1.88 bits per heavy atom. The summed E-state index contributed by atoms with van der Waals surface area (Å²) in [7, 11) is 4.58. The molecule has 0 saturated heterocycles. The van der Waals surface area contributed by atoms with Crippen LogP contribution < -0.4 is 4.48 Å². The van der Waals surface area contributed by atoms with Crippen LogP contribution in [0.3, 0.4) is 0 Å². The summed E-state index contributed by atoms with van der Waals surface area (Å²) in [6, 6.07) is 6.73. The zero-order chi connectivity index (χ0) is 12.9. The Morgan fingerprint density at radius 1 is 1.18 bits per heavy atom. The van der Waals surface area contributed by atoms with Crippen LogP contribution in [0, 0.1) is 6.92 Å². The molecule has 0 N–H and O–H groups in total. The number of aryl methyl sites for hydroxylation is 1. The predicted molar refractivity (Wildman–Crippen MR) is 79.3 cm³/mol. The van der Waals surface area contributed by atoms with E-state index < -0.39 is 0 Å². The van der Waals surface area contributed by atoms with Crippen LogP contribution in [-0.2, 0) is 0 Å². The van der Waals surface area contributed by atoms with Gasteiger partial charge in [-0.25, -0.2) is 0 Å². The summed E-state index contributed by atoms with van der Waals surface area (Å²) in [5.41, 5.74) is 3.93. The van der Waals surface area contributed by atoms with Gasteiger partial charge in [-0.1, -0.05) is 32.1 Å². The third-order valence-corrected chi connectivity index (χ3v) is 3.34. The highest BCUT2D eigenvalue weighted by molar-refractivity contribution is 5.57. The summed E-state index contributed by atoms with van der Waals surface area (Å²) in [4.78, 5) is 0. The van der Waals surface area contributed by atoms with E-state index in [1.54, 1.807) is 0 Å². The molecule has 1 nitrogen and oxygen atoms in total. The molecule has 0 amide bonds. The van der Waals surface area contributed by atoms with Gasteiger partial charge in [-0.3, -0.25) is 4.48 Å². The fraction of sp³-hybridized carbons (Fsp3) is 0.500. The van der Waals surface area contributed by atoms with E-state index in [1.807, 2.05) is 6.08 Å². The van der Waals surface area contributed by atoms with Crippen LogP contribution in [-0.4, -0.2) is 20.6 Å². The number of nitrogens with zero attached hydrogens (tertiary/aromatic N) is 1. The molecule has 0 aliphatic heterocycles. The van der Waals surface area contributed by atoms with E-state index in [4.69, 9.17) is 0 Å². The van der Waals surface area contributed by atoms with Crippen molar-refractivity contribution in [3.05, 3.63) is 35.9 Å². The van der Waals surface area contributed by atoms with Gasteiger partial charge in [-0.05, 0) is 30.9 Å². The van der Waals surface area contributed by atoms with Crippen LogP contribution in [0.15, 0.2) is 24.8 Å². The lowest BCUT2D eigenvalue weighted by atomic mass is 10.1. The van der Waals surface area contributed by atoms with Crippen LogP contribution in [0.4, 0.5) is 5.69 Å². The van der Waals surface area contributed by atoms with Gasteiger partial charge in [-0.2, -0.15) is 0 Å². The summed E-state index contributed by atoms with van der Waals surface area (Å²) < 4.78 is 0.961. The summed E-state index contributed by atoms with van der Waals surface area (Å²) in [6.45, 7) is 9.47. The molecule has 0 spiro atoms. The van der Waals surface area contributed by atoms with Crippen molar-refractivity contribution in [2.75, 3.05) is 20.6 Å². The number of unbranched alkanes of at least 4 members (excludes halogenated alkanes) is 2. The molecule has 1 rings (SSSR count). The molecular weight excluding hydrogens is 206 g/mol. The molecule has 17 heavy (non-hydrogen) atoms. The lowest BCUT2D eigenvalue weighted by molar-refractivity contribution is 0.384. The largest absolute Gasteiger partial charge is 0.296 e. The summed E-state index contributed by atoms with van der Waals surface area (Å²) in [5, 5.41) is 0. The Hall–Kier alpha value is -1.08. The minimum Gasteiger partial charge on any atom is -0.296 e. The molecule has 0 aromatic heterocycles. The Labute approximate surface area is 106 Å². The molecule has 1 aromatic rings. The fourth-order valence-corrected chi connectivity index (χ4v) is 2.15. The molecule has 94 valence electrons. The van der Waals surface area contributed by atoms with Crippen molar-refractivity contribution < 1.29 is 0 Å². The van der Waals surface area contributed by atoms with Crippen LogP contribution in [0.5, 0.6) is 0 Å². The molecule has 1 heteroatoms. The smallest absolute Gasteiger partial charge is 0.133 e. The minimum atomic E-state index is 0.961. The average molecular weight is 232 g/mol. The molecule has 0 radical (unpaired) electrons. The summed E-state index contributed by atoms with van der Waals surface area (Å²) in [5.74, 6) is 0. The first kappa shape index (κ1) is 14.0. The zero-order valence-corrected chi connectivity index (χ0v) is 11.8. The van der Waals surface area contributed by atoms with Crippen LogP contribution >= 0.6 is 0 Å². The molecule has 0 aliphatic rings. The highest BCUT2D eigenvalue weighted by atomic mass is 15.3. The third-order valence-electron chi connectivity index (χ3n) is 3.34. The molecule has 0 heterocycles. The molecule has 0 saturated carbocycles. The molecular formula is C16H26N+. The van der Waals surface area contributed by atoms with E-state index in [2.05, 4.69) is 52.7 Å². The van der Waals surface area contributed by atoms with E-state index in [-0.39, 0.29) is 0 Å². The molecule has 1 aromatic carbocycles. The minimum absolute atomic E-state index is 0.961. The number of benzene rings is 1. The summed E-state index contributed by atoms with van der Waals surface area (Å²) >= 11 is 0. The number of hydrogen-bond acceptors (Lipinski definition) is 0. The maximum Gasteiger partial charge on any atom is 0.133 e. The van der Waals surface area contributed by atoms with Gasteiger partial charge < -0.3 is 0 Å². The molecule has 0 fully saturated rings. The van der Waals surface area contributed by atoms with Gasteiger partial charge in [0.15, 0.2) is 0 Å². The Balaban J connectivity index is 2.89. The van der Waals surface area contributed by atoms with Crippen molar-refractivity contribution in [1.82, 2.24) is 4.48 Å². The van der Waals surface area contributed by atoms with Crippen molar-refractivity contribution in [3.8, 4) is 0 Å². The van der Waals surface area contributed by atoms with Gasteiger partial charge in [0.05, 0.1) is 20.6 Å². The van der Waals surface area contributed by atoms with Gasteiger partial charge in [0.1, 0.15) is 5.69 Å². The van der Waals surface area contributed by atoms with E-state index in [0.29, 0.717) is 0 Å². The summed E-state index contributed by atoms with van der Waals surface area (Å²) in [6.07, 6.45) is 5.83. The van der Waals surface area contributed by atoms with Crippen molar-refractivity contribution in [2.24, 2.45) is 0 Å². The Kier molecular flexibility index (Phi) is 4.95. The van der Waals surface area contributed by atoms with Gasteiger partial charge in [0.25, 0.3) is 0 Å². The Morgan fingerprint density at radius 3 is 2.47 bits per heavy atom. The number of quaternary nitrogens is 1. The van der Waals surface area contributed by atoms with Crippen molar-refractivity contribution in [2.45, 2.75) is 33.1 Å². The van der Waals surface area contributed by atoms with E-state index in [9.17, 15) is 0 Å². The van der Waals surface area contributed by atoms with Crippen molar-refractivity contribution in [3.63, 3.8) is 0 Å². The van der Waals surface area contributed by atoms with Crippen LogP contribution in [0.2, 0.25) is 0 Å². The van der Waals surface area contributed by atoms with E-state index in [1.165, 1.54) is 42.6 Å². The topological polar surface area (TPSA) is 0 Å². The van der Waals surface area contributed by atoms with E-state index in [0.717, 1.165) is 4.48 Å². The normalized spacial score (nSPS) is 11.5. The lowest BCUT2D eigenvalue weighted by Crippen LogP contribution is -2.41. The van der Waals surface area contributed by atoms with Gasteiger partial charge in [-0.15, -0.1) is 0 Å². The second kappa shape index (κ2) is 6.02. The second-order valence-electron chi connectivity index (χ2n) is 5.42. The Bertz CT molecular complexity index is 377. The zero-order valence-electron chi connectivity index (χ0n) is 11.8. The van der Waals surface area contributed by atoms with E-state index >= 15 is 0 Å². The molecule has 0 bridgehead atoms. The quantitative estimate of drug-likeness (QED) is 0.504. The average Bonchev–Trinajstić information content (AvgIpc) is 2.28.